The largest absolute Gasteiger partial charge is 0.396 e. The lowest BCUT2D eigenvalue weighted by molar-refractivity contribution is 0.201. The van der Waals surface area contributed by atoms with E-state index in [0.29, 0.717) is 6.04 Å². The summed E-state index contributed by atoms with van der Waals surface area (Å²) in [5.41, 5.74) is 1.91. The Morgan fingerprint density at radius 2 is 2.33 bits per heavy atom. The highest BCUT2D eigenvalue weighted by Crippen LogP contribution is 2.23. The minimum atomic E-state index is 0.271. The van der Waals surface area contributed by atoms with Crippen molar-refractivity contribution in [1.82, 2.24) is 19.4 Å². The highest BCUT2D eigenvalue weighted by Gasteiger charge is 2.25. The van der Waals surface area contributed by atoms with E-state index >= 15 is 0 Å². The number of aliphatic hydroxyl groups excluding tert-OH is 1. The monoisotopic (exact) mass is 352 g/mol. The van der Waals surface area contributed by atoms with Gasteiger partial charge >= 0.3 is 0 Å². The zero-order valence-electron chi connectivity index (χ0n) is 12.3. The summed E-state index contributed by atoms with van der Waals surface area (Å²) in [6.07, 6.45) is 5.10. The number of rotatable bonds is 5. The molecule has 1 saturated heterocycles. The van der Waals surface area contributed by atoms with Crippen molar-refractivity contribution < 1.29 is 5.11 Å². The first kappa shape index (κ1) is 14.9. The maximum atomic E-state index is 9.03. The first-order chi connectivity index (χ1) is 10.2. The zero-order chi connectivity index (χ0) is 14.8. The third-order valence-electron chi connectivity index (χ3n) is 4.26. The van der Waals surface area contributed by atoms with Crippen LogP contribution in [-0.4, -0.2) is 50.3 Å². The van der Waals surface area contributed by atoms with Gasteiger partial charge in [-0.05, 0) is 54.7 Å². The fourth-order valence-electron chi connectivity index (χ4n) is 3.21. The van der Waals surface area contributed by atoms with Crippen LogP contribution in [0, 0.1) is 6.92 Å². The summed E-state index contributed by atoms with van der Waals surface area (Å²) in [6.45, 7) is 5.38. The highest BCUT2D eigenvalue weighted by molar-refractivity contribution is 9.10. The SMILES string of the molecule is Cc1nc2ncc(Br)cc2n1C[C@@H]1CCCN1CCCO. The van der Waals surface area contributed by atoms with Crippen LogP contribution in [0.5, 0.6) is 0 Å². The van der Waals surface area contributed by atoms with Gasteiger partial charge in [0.05, 0.1) is 5.52 Å². The van der Waals surface area contributed by atoms with E-state index in [2.05, 4.69) is 41.4 Å². The maximum absolute atomic E-state index is 9.03. The van der Waals surface area contributed by atoms with Crippen LogP contribution in [0.25, 0.3) is 11.2 Å². The fourth-order valence-corrected chi connectivity index (χ4v) is 3.52. The molecule has 6 heteroatoms. The number of likely N-dealkylation sites (tertiary alicyclic amines) is 1. The minimum Gasteiger partial charge on any atom is -0.396 e. The molecule has 3 heterocycles. The Balaban J connectivity index is 1.83. The first-order valence-electron chi connectivity index (χ1n) is 7.52. The Labute approximate surface area is 133 Å². The van der Waals surface area contributed by atoms with Crippen LogP contribution in [0.2, 0.25) is 0 Å². The van der Waals surface area contributed by atoms with Gasteiger partial charge in [0.1, 0.15) is 5.82 Å². The van der Waals surface area contributed by atoms with Crippen molar-refractivity contribution in [2.45, 2.75) is 38.8 Å². The quantitative estimate of drug-likeness (QED) is 0.897. The average Bonchev–Trinajstić information content (AvgIpc) is 3.03. The zero-order valence-corrected chi connectivity index (χ0v) is 13.9. The van der Waals surface area contributed by atoms with E-state index in [4.69, 9.17) is 5.11 Å². The third-order valence-corrected chi connectivity index (χ3v) is 4.69. The van der Waals surface area contributed by atoms with E-state index < -0.39 is 0 Å². The van der Waals surface area contributed by atoms with Crippen LogP contribution >= 0.6 is 15.9 Å². The molecular formula is C15H21BrN4O. The van der Waals surface area contributed by atoms with Crippen molar-refractivity contribution in [3.8, 4) is 0 Å². The molecule has 0 saturated carbocycles. The third kappa shape index (κ3) is 3.12. The number of aliphatic hydroxyl groups is 1. The fraction of sp³-hybridized carbons (Fsp3) is 0.600. The van der Waals surface area contributed by atoms with E-state index in [9.17, 15) is 0 Å². The number of aromatic nitrogens is 3. The molecule has 0 spiro atoms. The van der Waals surface area contributed by atoms with Crippen molar-refractivity contribution in [2.24, 2.45) is 0 Å². The Morgan fingerprint density at radius 1 is 1.48 bits per heavy atom. The normalized spacial score (nSPS) is 19.7. The first-order valence-corrected chi connectivity index (χ1v) is 8.31. The number of aryl methyl sites for hydroxylation is 1. The molecule has 0 amide bonds. The van der Waals surface area contributed by atoms with Crippen molar-refractivity contribution >= 4 is 27.1 Å². The molecule has 0 aromatic carbocycles. The molecule has 21 heavy (non-hydrogen) atoms. The lowest BCUT2D eigenvalue weighted by Crippen LogP contribution is -2.34. The van der Waals surface area contributed by atoms with Gasteiger partial charge in [0, 0.05) is 36.4 Å². The van der Waals surface area contributed by atoms with Gasteiger partial charge in [0.2, 0.25) is 0 Å². The van der Waals surface area contributed by atoms with Crippen molar-refractivity contribution in [3.63, 3.8) is 0 Å². The van der Waals surface area contributed by atoms with Crippen LogP contribution in [0.1, 0.15) is 25.1 Å². The molecular weight excluding hydrogens is 332 g/mol. The predicted octanol–water partition coefficient (Wildman–Crippen LogP) is 2.35. The van der Waals surface area contributed by atoms with Crippen molar-refractivity contribution in [2.75, 3.05) is 19.7 Å². The predicted molar refractivity (Wildman–Crippen MR) is 86.3 cm³/mol. The molecule has 1 fully saturated rings. The van der Waals surface area contributed by atoms with Gasteiger partial charge in [-0.25, -0.2) is 9.97 Å². The van der Waals surface area contributed by atoms with Crippen molar-refractivity contribution in [1.29, 1.82) is 0 Å². The molecule has 3 rings (SSSR count). The van der Waals surface area contributed by atoms with E-state index in [1.165, 1.54) is 12.8 Å². The molecule has 5 nitrogen and oxygen atoms in total. The number of hydrogen-bond acceptors (Lipinski definition) is 4. The van der Waals surface area contributed by atoms with Crippen molar-refractivity contribution in [3.05, 3.63) is 22.6 Å². The number of fused-ring (bicyclic) bond motifs is 1. The standard InChI is InChI=1S/C15H21BrN4O/c1-11-18-15-14(8-12(16)9-17-15)20(11)10-13-4-2-5-19(13)6-3-7-21/h8-9,13,21H,2-7,10H2,1H3/t13-/m0/s1. The molecule has 0 radical (unpaired) electrons. The molecule has 1 aliphatic heterocycles. The molecule has 2 aromatic heterocycles. The molecule has 1 atom stereocenters. The molecule has 0 bridgehead atoms. The Hall–Kier alpha value is -0.980. The van der Waals surface area contributed by atoms with E-state index in [0.717, 1.165) is 47.5 Å². The van der Waals surface area contributed by atoms with Gasteiger partial charge in [-0.3, -0.25) is 4.90 Å². The molecule has 0 aliphatic carbocycles. The smallest absolute Gasteiger partial charge is 0.177 e. The van der Waals surface area contributed by atoms with Crippen LogP contribution in [-0.2, 0) is 6.54 Å². The van der Waals surface area contributed by atoms with E-state index in [1.807, 2.05) is 6.92 Å². The number of imidazole rings is 1. The minimum absolute atomic E-state index is 0.271. The topological polar surface area (TPSA) is 54.2 Å². The van der Waals surface area contributed by atoms with E-state index in [1.54, 1.807) is 6.20 Å². The van der Waals surface area contributed by atoms with Gasteiger partial charge < -0.3 is 9.67 Å². The molecule has 1 N–H and O–H groups in total. The van der Waals surface area contributed by atoms with Gasteiger partial charge in [0.25, 0.3) is 0 Å². The second-order valence-corrected chi connectivity index (χ2v) is 6.59. The molecule has 2 aromatic rings. The summed E-state index contributed by atoms with van der Waals surface area (Å²) < 4.78 is 3.26. The van der Waals surface area contributed by atoms with Gasteiger partial charge in [-0.1, -0.05) is 0 Å². The number of halogens is 1. The maximum Gasteiger partial charge on any atom is 0.177 e. The van der Waals surface area contributed by atoms with Crippen LogP contribution in [0.3, 0.4) is 0 Å². The summed E-state index contributed by atoms with van der Waals surface area (Å²) >= 11 is 3.49. The molecule has 114 valence electrons. The van der Waals surface area contributed by atoms with Crippen LogP contribution < -0.4 is 0 Å². The average molecular weight is 353 g/mol. The molecule has 1 aliphatic rings. The molecule has 0 unspecified atom stereocenters. The Bertz CT molecular complexity index is 627. The van der Waals surface area contributed by atoms with Crippen LogP contribution in [0.15, 0.2) is 16.7 Å². The summed E-state index contributed by atoms with van der Waals surface area (Å²) in [6, 6.07) is 2.63. The summed E-state index contributed by atoms with van der Waals surface area (Å²) in [7, 11) is 0. The van der Waals surface area contributed by atoms with Gasteiger partial charge in [-0.2, -0.15) is 0 Å². The van der Waals surface area contributed by atoms with Gasteiger partial charge in [0.15, 0.2) is 5.65 Å². The number of nitrogens with zero attached hydrogens (tertiary/aromatic N) is 4. The second kappa shape index (κ2) is 6.42. The lowest BCUT2D eigenvalue weighted by Gasteiger charge is -2.25. The van der Waals surface area contributed by atoms with E-state index in [-0.39, 0.29) is 6.61 Å². The summed E-state index contributed by atoms with van der Waals surface area (Å²) in [5.74, 6) is 1.02. The second-order valence-electron chi connectivity index (χ2n) is 5.68. The number of pyridine rings is 1. The summed E-state index contributed by atoms with van der Waals surface area (Å²) in [4.78, 5) is 11.4. The Kier molecular flexibility index (Phi) is 4.57. The summed E-state index contributed by atoms with van der Waals surface area (Å²) in [5, 5.41) is 9.03. The Morgan fingerprint density at radius 3 is 3.14 bits per heavy atom. The van der Waals surface area contributed by atoms with Gasteiger partial charge in [-0.15, -0.1) is 0 Å². The van der Waals surface area contributed by atoms with Crippen LogP contribution in [0.4, 0.5) is 0 Å². The lowest BCUT2D eigenvalue weighted by atomic mass is 10.2. The number of hydrogen-bond donors (Lipinski definition) is 1. The highest BCUT2D eigenvalue weighted by atomic mass is 79.9.